The van der Waals surface area contributed by atoms with Crippen LogP contribution in [0.5, 0.6) is 0 Å². The van der Waals surface area contributed by atoms with E-state index >= 15 is 0 Å². The van der Waals surface area contributed by atoms with Crippen molar-refractivity contribution in [1.82, 2.24) is 14.9 Å². The average Bonchev–Trinajstić information content (AvgIpc) is 3.51. The number of hydrogen-bond acceptors (Lipinski definition) is 9. The third kappa shape index (κ3) is 6.91. The minimum absolute atomic E-state index is 0.0905. The molecule has 1 aliphatic heterocycles. The predicted octanol–water partition coefficient (Wildman–Crippen LogP) is 4.59. The fourth-order valence-electron chi connectivity index (χ4n) is 4.38. The van der Waals surface area contributed by atoms with Crippen molar-refractivity contribution in [3.05, 3.63) is 53.9 Å². The maximum Gasteiger partial charge on any atom is 0.308 e. The summed E-state index contributed by atoms with van der Waals surface area (Å²) in [6.07, 6.45) is 0. The van der Waals surface area contributed by atoms with Crippen molar-refractivity contribution in [2.24, 2.45) is 21.4 Å². The molecule has 222 valence electrons. The molecule has 0 atom stereocenters. The summed E-state index contributed by atoms with van der Waals surface area (Å²) in [5.41, 5.74) is 5.31. The number of benzene rings is 2. The number of esters is 1. The van der Waals surface area contributed by atoms with Gasteiger partial charge in [-0.1, -0.05) is 34.6 Å². The number of carbonyl (C=O) groups is 2. The van der Waals surface area contributed by atoms with Gasteiger partial charge in [-0.25, -0.2) is 9.98 Å². The monoisotopic (exact) mass is 573 g/mol. The van der Waals surface area contributed by atoms with Gasteiger partial charge in [-0.15, -0.1) is 9.89 Å². The zero-order valence-corrected chi connectivity index (χ0v) is 25.3. The summed E-state index contributed by atoms with van der Waals surface area (Å²) < 4.78 is 4.98. The number of nitrogens with one attached hydrogen (secondary N) is 1. The van der Waals surface area contributed by atoms with E-state index in [0.29, 0.717) is 29.6 Å². The molecule has 0 unspecified atom stereocenters. The third-order valence-electron chi connectivity index (χ3n) is 6.71. The van der Waals surface area contributed by atoms with Crippen LogP contribution in [-0.2, 0) is 14.3 Å². The number of aliphatic hydroxyl groups excluding tert-OH is 1. The van der Waals surface area contributed by atoms with Crippen LogP contribution in [0.2, 0.25) is 0 Å². The molecule has 0 spiro atoms. The highest BCUT2D eigenvalue weighted by Crippen LogP contribution is 2.31. The zero-order chi connectivity index (χ0) is 30.6. The van der Waals surface area contributed by atoms with Gasteiger partial charge in [0.2, 0.25) is 5.82 Å². The smallest absolute Gasteiger partial charge is 0.308 e. The number of aryl methyl sites for hydroxylation is 1. The van der Waals surface area contributed by atoms with E-state index in [1.807, 2.05) is 19.1 Å². The van der Waals surface area contributed by atoms with E-state index in [1.165, 1.54) is 4.79 Å². The number of anilines is 2. The number of aliphatic imine (C=N–C) groups is 1. The number of rotatable bonds is 10. The van der Waals surface area contributed by atoms with Crippen LogP contribution in [0, 0.1) is 18.3 Å². The van der Waals surface area contributed by atoms with Gasteiger partial charge in [0, 0.05) is 35.4 Å². The SMILES string of the molecule is CCN(CCO)c1ccc(N=C2C(C(C)(C)C)=Nn3nc(-c4ccc(NC(=O)COC(=O)C(C)C)cc4)nc32)c(C)c1. The first kappa shape index (κ1) is 30.6. The number of aliphatic hydroxyl groups is 1. The zero-order valence-electron chi connectivity index (χ0n) is 25.3. The summed E-state index contributed by atoms with van der Waals surface area (Å²) >= 11 is 0. The molecule has 0 radical (unpaired) electrons. The Morgan fingerprint density at radius 1 is 1.14 bits per heavy atom. The fourth-order valence-corrected chi connectivity index (χ4v) is 4.38. The summed E-state index contributed by atoms with van der Waals surface area (Å²) in [5.74, 6) is -0.104. The summed E-state index contributed by atoms with van der Waals surface area (Å²) in [6, 6.07) is 13.2. The molecule has 0 fully saturated rings. The molecule has 2 heterocycles. The van der Waals surface area contributed by atoms with Gasteiger partial charge in [0.1, 0.15) is 5.71 Å². The molecule has 1 aromatic heterocycles. The van der Waals surface area contributed by atoms with E-state index in [1.54, 1.807) is 38.1 Å². The van der Waals surface area contributed by atoms with E-state index in [2.05, 4.69) is 49.1 Å². The minimum Gasteiger partial charge on any atom is -0.455 e. The molecule has 0 aliphatic carbocycles. The van der Waals surface area contributed by atoms with Gasteiger partial charge in [-0.05, 0) is 61.9 Å². The van der Waals surface area contributed by atoms with E-state index in [0.717, 1.165) is 34.8 Å². The van der Waals surface area contributed by atoms with Gasteiger partial charge in [0.15, 0.2) is 12.4 Å². The second-order valence-corrected chi connectivity index (χ2v) is 11.5. The Hall–Kier alpha value is -4.38. The lowest BCUT2D eigenvalue weighted by atomic mass is 9.87. The number of amides is 1. The first-order valence-corrected chi connectivity index (χ1v) is 14.1. The number of carbonyl (C=O) groups excluding carboxylic acids is 2. The molecular weight excluding hydrogens is 534 g/mol. The molecule has 4 rings (SSSR count). The van der Waals surface area contributed by atoms with Crippen LogP contribution in [-0.4, -0.2) is 69.6 Å². The van der Waals surface area contributed by atoms with Gasteiger partial charge < -0.3 is 20.1 Å². The van der Waals surface area contributed by atoms with E-state index in [4.69, 9.17) is 19.8 Å². The van der Waals surface area contributed by atoms with Crippen molar-refractivity contribution in [1.29, 1.82) is 0 Å². The standard InChI is InChI=1S/C31H39N7O4/c1-8-37(15-16-39)23-13-14-24(20(4)17-23)33-26-27(31(5,6)7)35-38-29(26)34-28(36-38)21-9-11-22(12-10-21)32-25(40)18-42-30(41)19(2)3/h9-14,17,19,39H,8,15-16,18H2,1-7H3,(H,32,40). The van der Waals surface area contributed by atoms with Crippen LogP contribution >= 0.6 is 0 Å². The molecule has 3 aromatic rings. The normalized spacial score (nSPS) is 13.7. The maximum absolute atomic E-state index is 12.2. The first-order chi connectivity index (χ1) is 19.9. The molecule has 42 heavy (non-hydrogen) atoms. The highest BCUT2D eigenvalue weighted by atomic mass is 16.5. The molecular formula is C31H39N7O4. The number of aromatic nitrogens is 3. The maximum atomic E-state index is 12.2. The van der Waals surface area contributed by atoms with Crippen molar-refractivity contribution in [3.8, 4) is 11.4 Å². The summed E-state index contributed by atoms with van der Waals surface area (Å²) in [4.78, 5) is 37.2. The van der Waals surface area contributed by atoms with E-state index in [9.17, 15) is 14.7 Å². The van der Waals surface area contributed by atoms with Crippen LogP contribution in [0.1, 0.15) is 52.9 Å². The molecule has 11 heteroatoms. The molecule has 1 aliphatic rings. The first-order valence-electron chi connectivity index (χ1n) is 14.1. The van der Waals surface area contributed by atoms with Crippen molar-refractivity contribution < 1.29 is 19.4 Å². The quantitative estimate of drug-likeness (QED) is 0.339. The number of hydrogen-bond donors (Lipinski definition) is 2. The van der Waals surface area contributed by atoms with Gasteiger partial charge in [-0.3, -0.25) is 9.59 Å². The summed E-state index contributed by atoms with van der Waals surface area (Å²) in [6.45, 7) is 14.8. The Kier molecular flexibility index (Phi) is 9.20. The van der Waals surface area contributed by atoms with E-state index < -0.39 is 11.9 Å². The molecule has 0 bridgehead atoms. The van der Waals surface area contributed by atoms with Crippen LogP contribution < -0.4 is 10.2 Å². The molecule has 0 saturated heterocycles. The number of likely N-dealkylation sites (N-methyl/N-ethyl adjacent to an activating group) is 1. The number of nitrogens with zero attached hydrogens (tertiary/aromatic N) is 6. The van der Waals surface area contributed by atoms with Crippen molar-refractivity contribution in [2.75, 3.05) is 36.5 Å². The largest absolute Gasteiger partial charge is 0.455 e. The molecule has 0 saturated carbocycles. The van der Waals surface area contributed by atoms with Crippen molar-refractivity contribution >= 4 is 40.4 Å². The molecule has 2 N–H and O–H groups in total. The topological polar surface area (TPSA) is 134 Å². The third-order valence-corrected chi connectivity index (χ3v) is 6.71. The molecule has 2 aromatic carbocycles. The highest BCUT2D eigenvalue weighted by molar-refractivity contribution is 6.50. The lowest BCUT2D eigenvalue weighted by molar-refractivity contribution is -0.150. The summed E-state index contributed by atoms with van der Waals surface area (Å²) in [5, 5.41) is 21.5. The second kappa shape index (κ2) is 12.6. The Labute approximate surface area is 246 Å². The van der Waals surface area contributed by atoms with Crippen molar-refractivity contribution in [3.63, 3.8) is 0 Å². The summed E-state index contributed by atoms with van der Waals surface area (Å²) in [7, 11) is 0. The minimum atomic E-state index is -0.423. The van der Waals surface area contributed by atoms with Crippen LogP contribution in [0.25, 0.3) is 11.4 Å². The van der Waals surface area contributed by atoms with Crippen LogP contribution in [0.15, 0.2) is 52.6 Å². The van der Waals surface area contributed by atoms with Gasteiger partial charge in [0.25, 0.3) is 5.91 Å². The second-order valence-electron chi connectivity index (χ2n) is 11.5. The lowest BCUT2D eigenvalue weighted by Gasteiger charge is -2.23. The van der Waals surface area contributed by atoms with Gasteiger partial charge in [-0.2, -0.15) is 5.10 Å². The van der Waals surface area contributed by atoms with Crippen LogP contribution in [0.4, 0.5) is 17.1 Å². The number of fused-ring (bicyclic) bond motifs is 1. The average molecular weight is 574 g/mol. The van der Waals surface area contributed by atoms with Gasteiger partial charge >= 0.3 is 5.97 Å². The highest BCUT2D eigenvalue weighted by Gasteiger charge is 2.35. The van der Waals surface area contributed by atoms with Gasteiger partial charge in [0.05, 0.1) is 23.9 Å². The predicted molar refractivity (Wildman–Crippen MR) is 165 cm³/mol. The Balaban J connectivity index is 1.58. The lowest BCUT2D eigenvalue weighted by Crippen LogP contribution is -2.27. The van der Waals surface area contributed by atoms with Crippen molar-refractivity contribution in [2.45, 2.75) is 48.5 Å². The molecule has 11 nitrogen and oxygen atoms in total. The van der Waals surface area contributed by atoms with Crippen LogP contribution in [0.3, 0.4) is 0 Å². The molecule has 1 amide bonds. The number of ether oxygens (including phenoxy) is 1. The Morgan fingerprint density at radius 2 is 1.86 bits per heavy atom. The van der Waals surface area contributed by atoms with E-state index in [-0.39, 0.29) is 24.5 Å². The fraction of sp³-hybridized carbons (Fsp3) is 0.419. The Bertz CT molecular complexity index is 1510. The Morgan fingerprint density at radius 3 is 2.45 bits per heavy atom.